The van der Waals surface area contributed by atoms with E-state index in [-0.39, 0.29) is 0 Å². The molecule has 1 rings (SSSR count). The van der Waals surface area contributed by atoms with Gasteiger partial charge in [0.2, 0.25) is 0 Å². The molecule has 0 aromatic rings. The first-order valence-electron chi connectivity index (χ1n) is 5.79. The number of rotatable bonds is 5. The van der Waals surface area contributed by atoms with Gasteiger partial charge in [-0.15, -0.1) is 0 Å². The zero-order valence-electron chi connectivity index (χ0n) is 8.97. The highest BCUT2D eigenvalue weighted by Crippen LogP contribution is 2.44. The van der Waals surface area contributed by atoms with Crippen LogP contribution in [0.25, 0.3) is 0 Å². The number of hydrogen-bond acceptors (Lipinski definition) is 0. The predicted octanol–water partition coefficient (Wildman–Crippen LogP) is 4.25. The first kappa shape index (κ1) is 10.1. The molecule has 0 nitrogen and oxygen atoms in total. The maximum atomic E-state index is 2.42. The molecule has 0 heterocycles. The van der Waals surface area contributed by atoms with E-state index >= 15 is 0 Å². The summed E-state index contributed by atoms with van der Waals surface area (Å²) in [5, 5.41) is 0. The minimum Gasteiger partial charge on any atom is -0.0654 e. The van der Waals surface area contributed by atoms with Crippen LogP contribution in [0.1, 0.15) is 59.3 Å². The molecule has 72 valence electrons. The molecule has 0 spiro atoms. The van der Waals surface area contributed by atoms with Gasteiger partial charge in [0.25, 0.3) is 0 Å². The monoisotopic (exact) mass is 168 g/mol. The Labute approximate surface area is 77.7 Å². The van der Waals surface area contributed by atoms with Crippen molar-refractivity contribution in [3.63, 3.8) is 0 Å². The van der Waals surface area contributed by atoms with Crippen LogP contribution in [-0.2, 0) is 0 Å². The van der Waals surface area contributed by atoms with Crippen LogP contribution in [0.2, 0.25) is 0 Å². The number of unbranched alkanes of at least 4 members (excludes halogenated alkanes) is 2. The van der Waals surface area contributed by atoms with Crippen molar-refractivity contribution < 1.29 is 0 Å². The minimum atomic E-state index is 1.03. The van der Waals surface area contributed by atoms with Crippen molar-refractivity contribution in [2.45, 2.75) is 59.3 Å². The summed E-state index contributed by atoms with van der Waals surface area (Å²) in [5.41, 5.74) is 0. The topological polar surface area (TPSA) is 0 Å². The Morgan fingerprint density at radius 3 is 2.42 bits per heavy atom. The molecule has 0 aliphatic heterocycles. The van der Waals surface area contributed by atoms with Gasteiger partial charge < -0.3 is 0 Å². The summed E-state index contributed by atoms with van der Waals surface area (Å²) < 4.78 is 0. The van der Waals surface area contributed by atoms with Crippen molar-refractivity contribution in [1.29, 1.82) is 0 Å². The molecule has 0 bridgehead atoms. The van der Waals surface area contributed by atoms with Crippen molar-refractivity contribution in [1.82, 2.24) is 0 Å². The van der Waals surface area contributed by atoms with E-state index in [1.54, 1.807) is 0 Å². The van der Waals surface area contributed by atoms with E-state index in [9.17, 15) is 0 Å². The summed E-state index contributed by atoms with van der Waals surface area (Å²) in [6.45, 7) is 7.07. The Hall–Kier alpha value is 0. The van der Waals surface area contributed by atoms with Crippen LogP contribution in [0.15, 0.2) is 0 Å². The fraction of sp³-hybridized carbons (Fsp3) is 1.00. The van der Waals surface area contributed by atoms with Gasteiger partial charge in [0.05, 0.1) is 0 Å². The first-order chi connectivity index (χ1) is 5.79. The molecule has 0 saturated heterocycles. The quantitative estimate of drug-likeness (QED) is 0.538. The lowest BCUT2D eigenvalue weighted by molar-refractivity contribution is 0.0722. The summed E-state index contributed by atoms with van der Waals surface area (Å²) in [6.07, 6.45) is 8.74. The lowest BCUT2D eigenvalue weighted by Gasteiger charge is -2.43. The van der Waals surface area contributed by atoms with Gasteiger partial charge in [-0.25, -0.2) is 0 Å². The Kier molecular flexibility index (Phi) is 4.11. The predicted molar refractivity (Wildman–Crippen MR) is 55.2 cm³/mol. The Morgan fingerprint density at radius 1 is 1.17 bits per heavy atom. The summed E-state index contributed by atoms with van der Waals surface area (Å²) in [6, 6.07) is 0. The molecule has 1 aliphatic carbocycles. The Morgan fingerprint density at radius 2 is 1.92 bits per heavy atom. The first-order valence-corrected chi connectivity index (χ1v) is 5.79. The van der Waals surface area contributed by atoms with Crippen LogP contribution in [0, 0.1) is 17.8 Å². The van der Waals surface area contributed by atoms with Crippen molar-refractivity contribution in [2.75, 3.05) is 0 Å². The highest BCUT2D eigenvalue weighted by atomic mass is 14.4. The number of hydrogen-bond donors (Lipinski definition) is 0. The molecule has 3 atom stereocenters. The van der Waals surface area contributed by atoms with Gasteiger partial charge in [0, 0.05) is 0 Å². The highest BCUT2D eigenvalue weighted by Gasteiger charge is 2.35. The highest BCUT2D eigenvalue weighted by molar-refractivity contribution is 4.85. The lowest BCUT2D eigenvalue weighted by Crippen LogP contribution is -2.34. The molecule has 12 heavy (non-hydrogen) atoms. The fourth-order valence-electron chi connectivity index (χ4n) is 2.82. The van der Waals surface area contributed by atoms with E-state index in [1.165, 1.54) is 38.5 Å². The molecule has 0 aromatic heterocycles. The van der Waals surface area contributed by atoms with E-state index in [2.05, 4.69) is 20.8 Å². The SMILES string of the molecule is CCCCCC1CC(C)C1CC. The van der Waals surface area contributed by atoms with Gasteiger partial charge >= 0.3 is 0 Å². The molecule has 0 radical (unpaired) electrons. The largest absolute Gasteiger partial charge is 0.0654 e. The zero-order valence-corrected chi connectivity index (χ0v) is 8.97. The van der Waals surface area contributed by atoms with E-state index < -0.39 is 0 Å². The van der Waals surface area contributed by atoms with E-state index in [0.717, 1.165) is 17.8 Å². The normalized spacial score (nSPS) is 34.8. The van der Waals surface area contributed by atoms with Gasteiger partial charge in [-0.05, 0) is 24.2 Å². The summed E-state index contributed by atoms with van der Waals surface area (Å²) >= 11 is 0. The molecule has 1 aliphatic rings. The van der Waals surface area contributed by atoms with Crippen LogP contribution in [-0.4, -0.2) is 0 Å². The van der Waals surface area contributed by atoms with Crippen molar-refractivity contribution >= 4 is 0 Å². The third-order valence-corrected chi connectivity index (χ3v) is 3.66. The van der Waals surface area contributed by atoms with Crippen LogP contribution in [0.4, 0.5) is 0 Å². The van der Waals surface area contributed by atoms with Gasteiger partial charge in [-0.1, -0.05) is 52.9 Å². The molecular weight excluding hydrogens is 144 g/mol. The van der Waals surface area contributed by atoms with Crippen molar-refractivity contribution in [3.05, 3.63) is 0 Å². The Bertz CT molecular complexity index is 117. The maximum Gasteiger partial charge on any atom is -0.0362 e. The minimum absolute atomic E-state index is 1.03. The molecular formula is C12H24. The van der Waals surface area contributed by atoms with E-state index in [1.807, 2.05) is 0 Å². The standard InChI is InChI=1S/C12H24/c1-4-6-7-8-11-9-10(3)12(11)5-2/h10-12H,4-9H2,1-3H3. The van der Waals surface area contributed by atoms with Gasteiger partial charge in [0.1, 0.15) is 0 Å². The van der Waals surface area contributed by atoms with Gasteiger partial charge in [-0.2, -0.15) is 0 Å². The van der Waals surface area contributed by atoms with Gasteiger partial charge in [0.15, 0.2) is 0 Å². The molecule has 1 fully saturated rings. The van der Waals surface area contributed by atoms with Crippen LogP contribution < -0.4 is 0 Å². The maximum absolute atomic E-state index is 2.42. The average molecular weight is 168 g/mol. The zero-order chi connectivity index (χ0) is 8.97. The molecule has 0 N–H and O–H groups in total. The summed E-state index contributed by atoms with van der Waals surface area (Å²) in [5.74, 6) is 3.19. The molecule has 0 aromatic carbocycles. The lowest BCUT2D eigenvalue weighted by atomic mass is 9.63. The van der Waals surface area contributed by atoms with E-state index in [4.69, 9.17) is 0 Å². The summed E-state index contributed by atoms with van der Waals surface area (Å²) in [4.78, 5) is 0. The molecule has 0 heteroatoms. The summed E-state index contributed by atoms with van der Waals surface area (Å²) in [7, 11) is 0. The van der Waals surface area contributed by atoms with Crippen molar-refractivity contribution in [3.8, 4) is 0 Å². The smallest absolute Gasteiger partial charge is 0.0362 e. The molecule has 3 unspecified atom stereocenters. The average Bonchev–Trinajstić information content (AvgIpc) is 2.04. The van der Waals surface area contributed by atoms with Crippen LogP contribution in [0.3, 0.4) is 0 Å². The van der Waals surface area contributed by atoms with Gasteiger partial charge in [-0.3, -0.25) is 0 Å². The molecule has 1 saturated carbocycles. The second-order valence-corrected chi connectivity index (χ2v) is 4.54. The third kappa shape index (κ3) is 2.24. The molecule has 0 amide bonds. The second kappa shape index (κ2) is 4.89. The van der Waals surface area contributed by atoms with Crippen molar-refractivity contribution in [2.24, 2.45) is 17.8 Å². The van der Waals surface area contributed by atoms with Crippen LogP contribution >= 0.6 is 0 Å². The van der Waals surface area contributed by atoms with Crippen LogP contribution in [0.5, 0.6) is 0 Å². The van der Waals surface area contributed by atoms with E-state index in [0.29, 0.717) is 0 Å². The second-order valence-electron chi connectivity index (χ2n) is 4.54. The fourth-order valence-corrected chi connectivity index (χ4v) is 2.82. The Balaban J connectivity index is 2.09. The third-order valence-electron chi connectivity index (χ3n) is 3.66.